The van der Waals surface area contributed by atoms with Crippen LogP contribution in [0.4, 0.5) is 10.1 Å². The molecule has 2 aromatic rings. The fourth-order valence-electron chi connectivity index (χ4n) is 5.34. The molecule has 9 nitrogen and oxygen atoms in total. The highest BCUT2D eigenvalue weighted by Gasteiger charge is 2.40. The summed E-state index contributed by atoms with van der Waals surface area (Å²) in [6.45, 7) is 4.30. The van der Waals surface area contributed by atoms with E-state index in [1.165, 1.54) is 27.3 Å². The largest absolute Gasteiger partial charge is 0.367 e. The van der Waals surface area contributed by atoms with Gasteiger partial charge in [0, 0.05) is 64.5 Å². The number of hydroxylamine groups is 2. The molecule has 11 heteroatoms. The smallest absolute Gasteiger partial charge is 0.349 e. The van der Waals surface area contributed by atoms with Gasteiger partial charge in [-0.25, -0.2) is 17.6 Å². The Morgan fingerprint density at radius 2 is 1.79 bits per heavy atom. The molecule has 0 aromatic heterocycles. The Morgan fingerprint density at radius 1 is 1.08 bits per heavy atom. The average molecular weight is 547 g/mol. The van der Waals surface area contributed by atoms with E-state index >= 15 is 4.39 Å². The summed E-state index contributed by atoms with van der Waals surface area (Å²) in [6, 6.07) is 12.3. The molecule has 0 radical (unpaired) electrons. The van der Waals surface area contributed by atoms with Crippen molar-refractivity contribution in [1.29, 1.82) is 0 Å². The second-order valence-electron chi connectivity index (χ2n) is 9.98. The van der Waals surface area contributed by atoms with E-state index in [1.54, 1.807) is 33.2 Å². The lowest BCUT2D eigenvalue weighted by molar-refractivity contribution is -0.186. The number of anilines is 1. The predicted octanol–water partition coefficient (Wildman–Crippen LogP) is 3.11. The molecule has 38 heavy (non-hydrogen) atoms. The quantitative estimate of drug-likeness (QED) is 0.515. The first-order chi connectivity index (χ1) is 18.0. The highest BCUT2D eigenvalue weighted by atomic mass is 32.2. The summed E-state index contributed by atoms with van der Waals surface area (Å²) in [5.74, 6) is -1.32. The lowest BCUT2D eigenvalue weighted by Gasteiger charge is -2.41. The van der Waals surface area contributed by atoms with E-state index in [-0.39, 0.29) is 24.6 Å². The van der Waals surface area contributed by atoms with Crippen molar-refractivity contribution >= 4 is 27.6 Å². The lowest BCUT2D eigenvalue weighted by atomic mass is 10.0. The highest BCUT2D eigenvalue weighted by molar-refractivity contribution is 7.89. The van der Waals surface area contributed by atoms with Crippen molar-refractivity contribution in [3.63, 3.8) is 0 Å². The van der Waals surface area contributed by atoms with Gasteiger partial charge in [-0.3, -0.25) is 4.79 Å². The fourth-order valence-corrected chi connectivity index (χ4v) is 7.57. The molecule has 0 spiro atoms. The number of halogens is 1. The van der Waals surface area contributed by atoms with Gasteiger partial charge in [0.25, 0.3) is 0 Å². The Bertz CT molecular complexity index is 1270. The van der Waals surface area contributed by atoms with Crippen LogP contribution in [-0.4, -0.2) is 80.9 Å². The molecule has 2 saturated heterocycles. The summed E-state index contributed by atoms with van der Waals surface area (Å²) in [7, 11) is -0.530. The van der Waals surface area contributed by atoms with Gasteiger partial charge in [-0.2, -0.15) is 4.31 Å². The van der Waals surface area contributed by atoms with Crippen LogP contribution in [0.1, 0.15) is 49.1 Å². The van der Waals surface area contributed by atoms with Crippen molar-refractivity contribution in [2.45, 2.75) is 44.0 Å². The van der Waals surface area contributed by atoms with Crippen LogP contribution >= 0.6 is 0 Å². The molecule has 0 bridgehead atoms. The highest BCUT2D eigenvalue weighted by Crippen LogP contribution is 2.39. The molecule has 2 aliphatic rings. The zero-order chi connectivity index (χ0) is 27.6. The number of benzene rings is 2. The summed E-state index contributed by atoms with van der Waals surface area (Å²) >= 11 is 0. The van der Waals surface area contributed by atoms with Gasteiger partial charge >= 0.3 is 5.97 Å². The van der Waals surface area contributed by atoms with E-state index in [0.717, 1.165) is 5.56 Å². The number of piperazine rings is 1. The number of carbonyl (C=O) groups excluding carboxylic acids is 2. The fraction of sp³-hybridized carbons (Fsp3) is 0.481. The molecular formula is C27H35FN4O5S. The second kappa shape index (κ2) is 11.4. The maximum Gasteiger partial charge on any atom is 0.349 e. The molecule has 1 amide bonds. The number of nitrogens with zero attached hydrogens (tertiary/aromatic N) is 4. The third-order valence-corrected chi connectivity index (χ3v) is 9.64. The average Bonchev–Trinajstić information content (AvgIpc) is 2.87. The maximum absolute atomic E-state index is 15.5. The van der Waals surface area contributed by atoms with Gasteiger partial charge in [-0.05, 0) is 37.5 Å². The van der Waals surface area contributed by atoms with Gasteiger partial charge in [0.2, 0.25) is 15.9 Å². The molecule has 4 rings (SSSR count). The Hall–Kier alpha value is -3.02. The number of hydrogen-bond donors (Lipinski definition) is 0. The molecule has 2 fully saturated rings. The second-order valence-corrected chi connectivity index (χ2v) is 12.0. The van der Waals surface area contributed by atoms with E-state index < -0.39 is 39.1 Å². The molecule has 206 valence electrons. The summed E-state index contributed by atoms with van der Waals surface area (Å²) < 4.78 is 44.0. The summed E-state index contributed by atoms with van der Waals surface area (Å²) in [5.41, 5.74) is 1.58. The number of amides is 1. The predicted molar refractivity (Wildman–Crippen MR) is 142 cm³/mol. The van der Waals surface area contributed by atoms with Crippen LogP contribution < -0.4 is 4.90 Å². The molecule has 2 aliphatic heterocycles. The third-order valence-electron chi connectivity index (χ3n) is 7.26. The van der Waals surface area contributed by atoms with Crippen LogP contribution in [0, 0.1) is 5.82 Å². The molecule has 2 unspecified atom stereocenters. The summed E-state index contributed by atoms with van der Waals surface area (Å²) in [5, 5.41) is 0.616. The van der Waals surface area contributed by atoms with Gasteiger partial charge in [0.05, 0.1) is 0 Å². The zero-order valence-electron chi connectivity index (χ0n) is 22.2. The normalized spacial score (nSPS) is 22.8. The van der Waals surface area contributed by atoms with Crippen molar-refractivity contribution in [3.05, 3.63) is 65.5 Å². The lowest BCUT2D eigenvalue weighted by Crippen LogP contribution is -2.58. The zero-order valence-corrected chi connectivity index (χ0v) is 23.0. The van der Waals surface area contributed by atoms with E-state index in [2.05, 4.69) is 0 Å². The van der Waals surface area contributed by atoms with Crippen LogP contribution in [0.2, 0.25) is 0 Å². The molecule has 0 aliphatic carbocycles. The number of hydrogen-bond acceptors (Lipinski definition) is 7. The van der Waals surface area contributed by atoms with Crippen molar-refractivity contribution < 1.29 is 27.2 Å². The van der Waals surface area contributed by atoms with Crippen molar-refractivity contribution in [3.8, 4) is 0 Å². The number of sulfonamides is 1. The van der Waals surface area contributed by atoms with Crippen molar-refractivity contribution in [2.75, 3.05) is 45.2 Å². The SMILES string of the molecule is CC(=O)N1CCN(c2ccc(C(C)N3CCCC(c4ccccc4)S3(=O)=O)c(F)c2)C[C@@H]1C(=O)ON(C)C. The first-order valence-electron chi connectivity index (χ1n) is 12.8. The van der Waals surface area contributed by atoms with E-state index in [1.807, 2.05) is 35.2 Å². The van der Waals surface area contributed by atoms with Gasteiger partial charge in [-0.1, -0.05) is 36.4 Å². The molecular weight excluding hydrogens is 511 g/mol. The van der Waals surface area contributed by atoms with Gasteiger partial charge in [0.1, 0.15) is 17.1 Å². The molecule has 3 atom stereocenters. The number of rotatable bonds is 6. The van der Waals surface area contributed by atoms with Crippen LogP contribution in [0.15, 0.2) is 48.5 Å². The first kappa shape index (κ1) is 28.0. The molecule has 0 N–H and O–H groups in total. The standard InChI is InChI=1S/C27H35FN4O5S/c1-19(32-14-8-11-26(38(32,35)36)21-9-6-5-7-10-21)23-13-12-22(17-24(23)28)30-15-16-31(20(2)33)25(18-30)27(34)37-29(3)4/h5-7,9-10,12-13,17,19,25-26H,8,11,14-16,18H2,1-4H3/t19?,25-,26?/m1/s1. The first-order valence-corrected chi connectivity index (χ1v) is 14.3. The maximum atomic E-state index is 15.5. The summed E-state index contributed by atoms with van der Waals surface area (Å²) in [4.78, 5) is 33.2. The van der Waals surface area contributed by atoms with E-state index in [0.29, 0.717) is 31.6 Å². The number of carbonyl (C=O) groups is 2. The van der Waals surface area contributed by atoms with E-state index in [4.69, 9.17) is 4.84 Å². The molecule has 0 saturated carbocycles. The van der Waals surface area contributed by atoms with Crippen molar-refractivity contribution in [1.82, 2.24) is 14.3 Å². The molecule has 2 heterocycles. The van der Waals surface area contributed by atoms with Gasteiger partial charge in [-0.15, -0.1) is 5.06 Å². The topological polar surface area (TPSA) is 90.5 Å². The monoisotopic (exact) mass is 546 g/mol. The Kier molecular flexibility index (Phi) is 8.39. The Balaban J connectivity index is 1.54. The Labute approximate surface area is 223 Å². The minimum Gasteiger partial charge on any atom is -0.367 e. The Morgan fingerprint density at radius 3 is 2.42 bits per heavy atom. The third kappa shape index (κ3) is 5.69. The van der Waals surface area contributed by atoms with E-state index in [9.17, 15) is 18.0 Å². The molecule has 2 aromatic carbocycles. The van der Waals surface area contributed by atoms with Crippen LogP contribution in [-0.2, 0) is 24.4 Å². The summed E-state index contributed by atoms with van der Waals surface area (Å²) in [6.07, 6.45) is 1.22. The minimum absolute atomic E-state index is 0.153. The van der Waals surface area contributed by atoms with Crippen LogP contribution in [0.5, 0.6) is 0 Å². The van der Waals surface area contributed by atoms with Crippen LogP contribution in [0.3, 0.4) is 0 Å². The van der Waals surface area contributed by atoms with Gasteiger partial charge < -0.3 is 14.6 Å². The minimum atomic E-state index is -3.69. The van der Waals surface area contributed by atoms with Crippen LogP contribution in [0.25, 0.3) is 0 Å². The van der Waals surface area contributed by atoms with Crippen molar-refractivity contribution in [2.24, 2.45) is 0 Å². The van der Waals surface area contributed by atoms with Gasteiger partial charge in [0.15, 0.2) is 0 Å².